The van der Waals surface area contributed by atoms with Crippen LogP contribution in [0.4, 0.5) is 11.4 Å². The number of fused-ring (bicyclic) bond motifs is 1. The molecule has 0 aliphatic rings. The Morgan fingerprint density at radius 2 is 2.00 bits per heavy atom. The van der Waals surface area contributed by atoms with Gasteiger partial charge in [-0.2, -0.15) is 0 Å². The molecule has 2 aromatic carbocycles. The fourth-order valence-electron chi connectivity index (χ4n) is 3.47. The summed E-state index contributed by atoms with van der Waals surface area (Å²) in [5, 5.41) is 26.2. The van der Waals surface area contributed by atoms with Gasteiger partial charge < -0.3 is 20.1 Å². The van der Waals surface area contributed by atoms with Gasteiger partial charge >= 0.3 is 5.69 Å². The van der Waals surface area contributed by atoms with E-state index in [9.17, 15) is 15.2 Å². The summed E-state index contributed by atoms with van der Waals surface area (Å²) in [4.78, 5) is 18.7. The Kier molecular flexibility index (Phi) is 4.74. The summed E-state index contributed by atoms with van der Waals surface area (Å²) in [5.41, 5.74) is 2.50. The molecule has 146 valence electrons. The van der Waals surface area contributed by atoms with E-state index in [-0.39, 0.29) is 17.2 Å². The molecule has 4 aromatic rings. The van der Waals surface area contributed by atoms with Crippen molar-refractivity contribution >= 4 is 22.3 Å². The van der Waals surface area contributed by atoms with Crippen LogP contribution in [0.5, 0.6) is 11.5 Å². The summed E-state index contributed by atoms with van der Waals surface area (Å²) in [7, 11) is 1.29. The maximum absolute atomic E-state index is 11.9. The van der Waals surface area contributed by atoms with Gasteiger partial charge in [-0.3, -0.25) is 15.1 Å². The molecular formula is C21H18N4O4. The molecule has 0 radical (unpaired) electrons. The van der Waals surface area contributed by atoms with E-state index < -0.39 is 11.0 Å². The van der Waals surface area contributed by atoms with Gasteiger partial charge in [0.15, 0.2) is 5.75 Å². The van der Waals surface area contributed by atoms with Crippen molar-refractivity contribution in [2.24, 2.45) is 0 Å². The number of nitrogens with zero attached hydrogens (tertiary/aromatic N) is 2. The Balaban J connectivity index is 1.95. The lowest BCUT2D eigenvalue weighted by molar-refractivity contribution is -0.386. The Labute approximate surface area is 165 Å². The number of nitrogens with one attached hydrogen (secondary N) is 2. The number of phenolic OH excluding ortho intramolecular Hbond substituents is 1. The molecule has 1 unspecified atom stereocenters. The first kappa shape index (κ1) is 18.3. The number of H-pyrrole nitrogens is 1. The van der Waals surface area contributed by atoms with E-state index in [1.165, 1.54) is 19.2 Å². The first-order chi connectivity index (χ1) is 14.1. The number of aromatic amines is 1. The number of ether oxygens (including phenoxy) is 1. The van der Waals surface area contributed by atoms with Crippen molar-refractivity contribution in [3.05, 3.63) is 88.4 Å². The second-order valence-electron chi connectivity index (χ2n) is 6.42. The topological polar surface area (TPSA) is 113 Å². The first-order valence-electron chi connectivity index (χ1n) is 8.87. The predicted octanol–water partition coefficient (Wildman–Crippen LogP) is 4.39. The summed E-state index contributed by atoms with van der Waals surface area (Å²) in [5.74, 6) is -0.465. The van der Waals surface area contributed by atoms with Crippen molar-refractivity contribution in [3.8, 4) is 11.5 Å². The number of aromatic nitrogens is 2. The van der Waals surface area contributed by atoms with E-state index in [1.807, 2.05) is 36.5 Å². The van der Waals surface area contributed by atoms with Crippen LogP contribution < -0.4 is 10.1 Å². The van der Waals surface area contributed by atoms with Crippen LogP contribution in [-0.2, 0) is 0 Å². The van der Waals surface area contributed by atoms with Gasteiger partial charge in [-0.15, -0.1) is 0 Å². The van der Waals surface area contributed by atoms with Gasteiger partial charge in [0.25, 0.3) is 0 Å². The number of aromatic hydroxyl groups is 1. The molecule has 1 atom stereocenters. The number of hydrogen-bond donors (Lipinski definition) is 3. The molecule has 29 heavy (non-hydrogen) atoms. The van der Waals surface area contributed by atoms with E-state index in [0.717, 1.165) is 16.5 Å². The standard InChI is InChI=1S/C21H18N4O4/c1-29-21-18(26)9-8-15(20(21)25(27)28)19(24-13-5-4-10-22-11-13)16-12-23-17-7-3-2-6-14(16)17/h2-12,19,23-24,26H,1H3. The minimum absolute atomic E-state index is 0.176. The smallest absolute Gasteiger partial charge is 0.320 e. The monoisotopic (exact) mass is 390 g/mol. The van der Waals surface area contributed by atoms with Gasteiger partial charge in [0.05, 0.1) is 29.3 Å². The van der Waals surface area contributed by atoms with Crippen LogP contribution in [0.15, 0.2) is 67.1 Å². The Morgan fingerprint density at radius 1 is 1.17 bits per heavy atom. The lowest BCUT2D eigenvalue weighted by Gasteiger charge is -2.21. The fraction of sp³-hybridized carbons (Fsp3) is 0.0952. The van der Waals surface area contributed by atoms with E-state index in [1.54, 1.807) is 18.5 Å². The molecular weight excluding hydrogens is 372 g/mol. The zero-order chi connectivity index (χ0) is 20.4. The molecule has 2 aromatic heterocycles. The van der Waals surface area contributed by atoms with Crippen LogP contribution in [-0.4, -0.2) is 27.1 Å². The third kappa shape index (κ3) is 3.31. The Morgan fingerprint density at radius 3 is 2.72 bits per heavy atom. The second kappa shape index (κ2) is 7.51. The number of pyridine rings is 1. The van der Waals surface area contributed by atoms with E-state index in [2.05, 4.69) is 15.3 Å². The van der Waals surface area contributed by atoms with Crippen molar-refractivity contribution in [2.75, 3.05) is 12.4 Å². The van der Waals surface area contributed by atoms with Gasteiger partial charge in [-0.25, -0.2) is 0 Å². The van der Waals surface area contributed by atoms with E-state index in [4.69, 9.17) is 4.74 Å². The normalized spacial score (nSPS) is 11.9. The van der Waals surface area contributed by atoms with Crippen LogP contribution in [0, 0.1) is 10.1 Å². The number of benzene rings is 2. The zero-order valence-electron chi connectivity index (χ0n) is 15.5. The highest BCUT2D eigenvalue weighted by atomic mass is 16.6. The lowest BCUT2D eigenvalue weighted by atomic mass is 9.95. The van der Waals surface area contributed by atoms with Crippen molar-refractivity contribution < 1.29 is 14.8 Å². The zero-order valence-corrected chi connectivity index (χ0v) is 15.5. The molecule has 0 fully saturated rings. The van der Waals surface area contributed by atoms with Crippen LogP contribution >= 0.6 is 0 Å². The van der Waals surface area contributed by atoms with Gasteiger partial charge in [0, 0.05) is 35.1 Å². The molecule has 0 spiro atoms. The van der Waals surface area contributed by atoms with Gasteiger partial charge in [0.1, 0.15) is 0 Å². The van der Waals surface area contributed by atoms with E-state index in [0.29, 0.717) is 11.3 Å². The molecule has 4 rings (SSSR count). The van der Waals surface area contributed by atoms with Gasteiger partial charge in [-0.05, 0) is 30.3 Å². The lowest BCUT2D eigenvalue weighted by Crippen LogP contribution is -2.14. The molecule has 0 aliphatic heterocycles. The number of para-hydroxylation sites is 1. The second-order valence-corrected chi connectivity index (χ2v) is 6.42. The van der Waals surface area contributed by atoms with Crippen molar-refractivity contribution in [1.29, 1.82) is 0 Å². The van der Waals surface area contributed by atoms with Crippen LogP contribution in [0.3, 0.4) is 0 Å². The predicted molar refractivity (Wildman–Crippen MR) is 109 cm³/mol. The number of phenols is 1. The van der Waals surface area contributed by atoms with Crippen molar-refractivity contribution in [2.45, 2.75) is 6.04 Å². The maximum atomic E-state index is 11.9. The van der Waals surface area contributed by atoms with Crippen LogP contribution in [0.1, 0.15) is 17.2 Å². The summed E-state index contributed by atoms with van der Waals surface area (Å²) >= 11 is 0. The van der Waals surface area contributed by atoms with Crippen molar-refractivity contribution in [1.82, 2.24) is 9.97 Å². The number of anilines is 1. The molecule has 8 nitrogen and oxygen atoms in total. The third-order valence-corrected chi connectivity index (χ3v) is 4.74. The molecule has 0 bridgehead atoms. The summed E-state index contributed by atoms with van der Waals surface area (Å²) in [6, 6.07) is 13.7. The molecule has 3 N–H and O–H groups in total. The summed E-state index contributed by atoms with van der Waals surface area (Å²) in [6.07, 6.45) is 5.12. The number of hydrogen-bond acceptors (Lipinski definition) is 6. The van der Waals surface area contributed by atoms with Gasteiger partial charge in [0.2, 0.25) is 5.75 Å². The average Bonchev–Trinajstić information content (AvgIpc) is 3.16. The highest BCUT2D eigenvalue weighted by Crippen LogP contribution is 2.44. The summed E-state index contributed by atoms with van der Waals surface area (Å²) in [6.45, 7) is 0. The number of methoxy groups -OCH3 is 1. The maximum Gasteiger partial charge on any atom is 0.320 e. The number of rotatable bonds is 6. The third-order valence-electron chi connectivity index (χ3n) is 4.74. The SMILES string of the molecule is COc1c(O)ccc(C(Nc2cccnc2)c2c[nH]c3ccccc23)c1[N+](=O)[O-]. The minimum Gasteiger partial charge on any atom is -0.504 e. The van der Waals surface area contributed by atoms with E-state index >= 15 is 0 Å². The Bertz CT molecular complexity index is 1170. The Hall–Kier alpha value is -4.07. The molecule has 8 heteroatoms. The number of nitro groups is 1. The first-order valence-corrected chi connectivity index (χ1v) is 8.87. The highest BCUT2D eigenvalue weighted by molar-refractivity contribution is 5.85. The van der Waals surface area contributed by atoms with Gasteiger partial charge in [-0.1, -0.05) is 18.2 Å². The molecule has 0 amide bonds. The largest absolute Gasteiger partial charge is 0.504 e. The highest BCUT2D eigenvalue weighted by Gasteiger charge is 2.31. The van der Waals surface area contributed by atoms with Crippen LogP contribution in [0.25, 0.3) is 10.9 Å². The minimum atomic E-state index is -0.592. The quantitative estimate of drug-likeness (QED) is 0.332. The summed E-state index contributed by atoms with van der Waals surface area (Å²) < 4.78 is 5.14. The molecule has 0 saturated heterocycles. The molecule has 2 heterocycles. The molecule has 0 aliphatic carbocycles. The van der Waals surface area contributed by atoms with Crippen LogP contribution in [0.2, 0.25) is 0 Å². The fourth-order valence-corrected chi connectivity index (χ4v) is 3.47. The number of nitro benzene ring substituents is 1. The average molecular weight is 390 g/mol. The van der Waals surface area contributed by atoms with Crippen molar-refractivity contribution in [3.63, 3.8) is 0 Å². The molecule has 0 saturated carbocycles.